The van der Waals surface area contributed by atoms with E-state index in [1.54, 1.807) is 7.05 Å². The average molecular weight is 386 g/mol. The fraction of sp³-hybridized carbons (Fsp3) is 0.588. The maximum absolute atomic E-state index is 13.4. The first-order valence-corrected chi connectivity index (χ1v) is 8.82. The zero-order valence-corrected chi connectivity index (χ0v) is 15.4. The van der Waals surface area contributed by atoms with Crippen molar-refractivity contribution in [3.8, 4) is 0 Å². The molecule has 0 saturated carbocycles. The fourth-order valence-corrected chi connectivity index (χ4v) is 3.31. The van der Waals surface area contributed by atoms with Crippen LogP contribution in [0.5, 0.6) is 0 Å². The summed E-state index contributed by atoms with van der Waals surface area (Å²) in [7, 11) is 3.81. The predicted molar refractivity (Wildman–Crippen MR) is 95.1 cm³/mol. The molecule has 0 aliphatic carbocycles. The van der Waals surface area contributed by atoms with Crippen LogP contribution in [0.25, 0.3) is 0 Å². The molecule has 1 aromatic rings. The average Bonchev–Trinajstić information content (AvgIpc) is 2.53. The van der Waals surface area contributed by atoms with E-state index in [1.807, 2.05) is 13.1 Å². The highest BCUT2D eigenvalue weighted by Gasteiger charge is 2.15. The number of halogens is 2. The number of nitrogens with one attached hydrogen (secondary N) is 1. The van der Waals surface area contributed by atoms with E-state index < -0.39 is 0 Å². The summed E-state index contributed by atoms with van der Waals surface area (Å²) in [4.78, 5) is 6.44. The molecule has 6 heteroatoms. The zero-order chi connectivity index (χ0) is 16.7. The zero-order valence-electron chi connectivity index (χ0n) is 13.8. The van der Waals surface area contributed by atoms with Gasteiger partial charge in [-0.3, -0.25) is 4.99 Å². The first kappa shape index (κ1) is 18.2. The van der Waals surface area contributed by atoms with Crippen LogP contribution in [-0.4, -0.2) is 44.7 Å². The van der Waals surface area contributed by atoms with Crippen LogP contribution >= 0.6 is 15.9 Å². The molecule has 1 fully saturated rings. The lowest BCUT2D eigenvalue weighted by atomic mass is 9.96. The molecular formula is C17H25BrFN3O. The molecule has 0 spiro atoms. The van der Waals surface area contributed by atoms with E-state index in [9.17, 15) is 4.39 Å². The third kappa shape index (κ3) is 6.11. The molecule has 1 saturated heterocycles. The Kier molecular flexibility index (Phi) is 7.30. The number of nitrogens with zero attached hydrogens (tertiary/aromatic N) is 2. The molecule has 1 aromatic carbocycles. The Balaban J connectivity index is 1.81. The van der Waals surface area contributed by atoms with Gasteiger partial charge in [0.25, 0.3) is 0 Å². The molecule has 0 unspecified atom stereocenters. The minimum Gasteiger partial charge on any atom is -0.381 e. The monoisotopic (exact) mass is 385 g/mol. The van der Waals surface area contributed by atoms with Gasteiger partial charge in [-0.1, -0.05) is 15.9 Å². The van der Waals surface area contributed by atoms with Crippen LogP contribution in [-0.2, 0) is 11.3 Å². The summed E-state index contributed by atoms with van der Waals surface area (Å²) in [5, 5.41) is 3.29. The molecule has 2 rings (SSSR count). The highest BCUT2D eigenvalue weighted by Crippen LogP contribution is 2.18. The van der Waals surface area contributed by atoms with Crippen molar-refractivity contribution in [3.05, 3.63) is 34.1 Å². The second kappa shape index (κ2) is 9.23. The summed E-state index contributed by atoms with van der Waals surface area (Å²) in [6.07, 6.45) is 3.44. The van der Waals surface area contributed by atoms with Gasteiger partial charge in [-0.15, -0.1) is 0 Å². The van der Waals surface area contributed by atoms with E-state index in [2.05, 4.69) is 31.1 Å². The van der Waals surface area contributed by atoms with Crippen molar-refractivity contribution in [1.29, 1.82) is 0 Å². The van der Waals surface area contributed by atoms with Crippen LogP contribution in [0, 0.1) is 11.7 Å². The Hall–Kier alpha value is -1.14. The van der Waals surface area contributed by atoms with Crippen molar-refractivity contribution >= 4 is 21.9 Å². The standard InChI is InChI=1S/C17H25BrFN3O/c1-20-17(21-12-14-9-15(18)11-16(19)10-14)22(2)6-3-13-4-7-23-8-5-13/h9-11,13H,3-8,12H2,1-2H3,(H,20,21). The van der Waals surface area contributed by atoms with Gasteiger partial charge in [0.05, 0.1) is 0 Å². The smallest absolute Gasteiger partial charge is 0.193 e. The van der Waals surface area contributed by atoms with Crippen molar-refractivity contribution in [2.45, 2.75) is 25.8 Å². The van der Waals surface area contributed by atoms with Gasteiger partial charge >= 0.3 is 0 Å². The Morgan fingerprint density at radius 1 is 1.39 bits per heavy atom. The van der Waals surface area contributed by atoms with Crippen LogP contribution in [0.15, 0.2) is 27.7 Å². The van der Waals surface area contributed by atoms with E-state index in [1.165, 1.54) is 12.1 Å². The number of benzene rings is 1. The lowest BCUT2D eigenvalue weighted by molar-refractivity contribution is 0.0625. The van der Waals surface area contributed by atoms with Gasteiger partial charge < -0.3 is 15.0 Å². The van der Waals surface area contributed by atoms with Gasteiger partial charge in [0.15, 0.2) is 5.96 Å². The van der Waals surface area contributed by atoms with Crippen LogP contribution < -0.4 is 5.32 Å². The Labute approximate surface area is 146 Å². The molecule has 0 bridgehead atoms. The Morgan fingerprint density at radius 3 is 2.78 bits per heavy atom. The van der Waals surface area contributed by atoms with Gasteiger partial charge in [-0.2, -0.15) is 0 Å². The summed E-state index contributed by atoms with van der Waals surface area (Å²) >= 11 is 3.32. The second-order valence-corrected chi connectivity index (χ2v) is 6.86. The van der Waals surface area contributed by atoms with E-state index >= 15 is 0 Å². The molecule has 0 radical (unpaired) electrons. The highest BCUT2D eigenvalue weighted by atomic mass is 79.9. The van der Waals surface area contributed by atoms with Gasteiger partial charge in [0.1, 0.15) is 5.82 Å². The van der Waals surface area contributed by atoms with Crippen molar-refractivity contribution in [3.63, 3.8) is 0 Å². The van der Waals surface area contributed by atoms with Crippen LogP contribution in [0.1, 0.15) is 24.8 Å². The minimum absolute atomic E-state index is 0.237. The third-order valence-electron chi connectivity index (χ3n) is 4.16. The lowest BCUT2D eigenvalue weighted by Gasteiger charge is -2.26. The summed E-state index contributed by atoms with van der Waals surface area (Å²) in [6.45, 7) is 3.27. The van der Waals surface area contributed by atoms with E-state index in [4.69, 9.17) is 4.74 Å². The second-order valence-electron chi connectivity index (χ2n) is 5.94. The van der Waals surface area contributed by atoms with Crippen molar-refractivity contribution in [2.24, 2.45) is 10.9 Å². The van der Waals surface area contributed by atoms with E-state index in [0.717, 1.165) is 60.9 Å². The maximum atomic E-state index is 13.4. The SMILES string of the molecule is CN=C(NCc1cc(F)cc(Br)c1)N(C)CCC1CCOCC1. The number of rotatable bonds is 5. The number of ether oxygens (including phenoxy) is 1. The van der Waals surface area contributed by atoms with Crippen LogP contribution in [0.4, 0.5) is 4.39 Å². The molecular weight excluding hydrogens is 361 g/mol. The molecule has 0 amide bonds. The third-order valence-corrected chi connectivity index (χ3v) is 4.62. The number of aliphatic imine (C=N–C) groups is 1. The van der Waals surface area contributed by atoms with Crippen molar-refractivity contribution < 1.29 is 9.13 Å². The normalized spacial score (nSPS) is 16.4. The molecule has 1 heterocycles. The van der Waals surface area contributed by atoms with Gasteiger partial charge in [0, 0.05) is 44.9 Å². The predicted octanol–water partition coefficient (Wildman–Crippen LogP) is 3.41. The molecule has 4 nitrogen and oxygen atoms in total. The maximum Gasteiger partial charge on any atom is 0.193 e. The Bertz CT molecular complexity index is 512. The summed E-state index contributed by atoms with van der Waals surface area (Å²) in [5.41, 5.74) is 0.885. The number of hydrogen-bond acceptors (Lipinski definition) is 2. The molecule has 128 valence electrons. The first-order chi connectivity index (χ1) is 11.1. The molecule has 1 aliphatic heterocycles. The van der Waals surface area contributed by atoms with E-state index in [-0.39, 0.29) is 5.82 Å². The molecule has 0 atom stereocenters. The molecule has 1 aliphatic rings. The largest absolute Gasteiger partial charge is 0.381 e. The van der Waals surface area contributed by atoms with Crippen LogP contribution in [0.3, 0.4) is 0 Å². The molecule has 23 heavy (non-hydrogen) atoms. The minimum atomic E-state index is -0.237. The van der Waals surface area contributed by atoms with Crippen molar-refractivity contribution in [1.82, 2.24) is 10.2 Å². The fourth-order valence-electron chi connectivity index (χ4n) is 2.80. The quantitative estimate of drug-likeness (QED) is 0.623. The topological polar surface area (TPSA) is 36.9 Å². The first-order valence-electron chi connectivity index (χ1n) is 8.03. The van der Waals surface area contributed by atoms with Gasteiger partial charge in [-0.05, 0) is 48.9 Å². The van der Waals surface area contributed by atoms with E-state index in [0.29, 0.717) is 6.54 Å². The van der Waals surface area contributed by atoms with Gasteiger partial charge in [0.2, 0.25) is 0 Å². The summed E-state index contributed by atoms with van der Waals surface area (Å²) < 4.78 is 19.6. The van der Waals surface area contributed by atoms with Crippen molar-refractivity contribution in [2.75, 3.05) is 33.9 Å². The summed E-state index contributed by atoms with van der Waals surface area (Å²) in [5.74, 6) is 1.33. The molecule has 0 aromatic heterocycles. The molecule has 1 N–H and O–H groups in total. The van der Waals surface area contributed by atoms with Crippen LogP contribution in [0.2, 0.25) is 0 Å². The number of hydrogen-bond donors (Lipinski definition) is 1. The Morgan fingerprint density at radius 2 is 2.13 bits per heavy atom. The highest BCUT2D eigenvalue weighted by molar-refractivity contribution is 9.10. The lowest BCUT2D eigenvalue weighted by Crippen LogP contribution is -2.39. The van der Waals surface area contributed by atoms with Gasteiger partial charge in [-0.25, -0.2) is 4.39 Å². The summed E-state index contributed by atoms with van der Waals surface area (Å²) in [6, 6.07) is 4.90. The number of guanidine groups is 1.